The van der Waals surface area contributed by atoms with E-state index in [1.807, 2.05) is 6.92 Å². The molecule has 0 aliphatic carbocycles. The Kier molecular flexibility index (Phi) is 9.66. The van der Waals surface area contributed by atoms with Crippen LogP contribution in [0.25, 0.3) is 0 Å². The Morgan fingerprint density at radius 1 is 1.09 bits per heavy atom. The molecule has 130 valence electrons. The van der Waals surface area contributed by atoms with Gasteiger partial charge in [-0.05, 0) is 112 Å². The molecule has 0 fully saturated rings. The Labute approximate surface area is 181 Å². The molecule has 0 radical (unpaired) electrons. The summed E-state index contributed by atoms with van der Waals surface area (Å²) in [6.45, 7) is 8.77. The van der Waals surface area contributed by atoms with Gasteiger partial charge in [-0.2, -0.15) is 0 Å². The van der Waals surface area contributed by atoms with Gasteiger partial charge in [0.05, 0.1) is 12.0 Å². The van der Waals surface area contributed by atoms with Gasteiger partial charge < -0.3 is 4.74 Å². The molecular weight excluding hydrogens is 629 g/mol. The van der Waals surface area contributed by atoms with Crippen molar-refractivity contribution in [1.29, 1.82) is 0 Å². The van der Waals surface area contributed by atoms with Crippen molar-refractivity contribution < 1.29 is 9.53 Å². The van der Waals surface area contributed by atoms with E-state index in [2.05, 4.69) is 101 Å². The second-order valence-corrected chi connectivity index (χ2v) is 9.28. The van der Waals surface area contributed by atoms with Gasteiger partial charge in [0.25, 0.3) is 0 Å². The van der Waals surface area contributed by atoms with Gasteiger partial charge in [0.1, 0.15) is 0 Å². The minimum atomic E-state index is -0.432. The predicted octanol–water partition coefficient (Wildman–Crippen LogP) is 6.75. The van der Waals surface area contributed by atoms with E-state index in [0.29, 0.717) is 6.61 Å². The van der Waals surface area contributed by atoms with Crippen molar-refractivity contribution in [3.05, 3.63) is 28.4 Å². The maximum absolute atomic E-state index is 12.9. The molecule has 0 spiro atoms. The first kappa shape index (κ1) is 21.9. The predicted molar refractivity (Wildman–Crippen MR) is 122 cm³/mol. The molecule has 23 heavy (non-hydrogen) atoms. The van der Waals surface area contributed by atoms with Crippen molar-refractivity contribution in [1.82, 2.24) is 0 Å². The standard InChI is InChI=1S/C18H25I3O2/c1-5-9-13(16-14(20)10-12(19)11-15(16)21)18(6-2,7-3)17(22)23-8-4/h10-11,13H,5-9H2,1-4H3. The zero-order chi connectivity index (χ0) is 17.6. The quantitative estimate of drug-likeness (QED) is 0.229. The molecule has 0 aromatic heterocycles. The van der Waals surface area contributed by atoms with Crippen LogP contribution in [0, 0.1) is 16.1 Å². The number of ether oxygens (including phenoxy) is 1. The van der Waals surface area contributed by atoms with Gasteiger partial charge in [0, 0.05) is 16.6 Å². The van der Waals surface area contributed by atoms with E-state index in [0.717, 1.165) is 25.7 Å². The Morgan fingerprint density at radius 2 is 1.61 bits per heavy atom. The minimum absolute atomic E-state index is 0.0337. The van der Waals surface area contributed by atoms with Crippen LogP contribution in [0.4, 0.5) is 0 Å². The topological polar surface area (TPSA) is 26.3 Å². The van der Waals surface area contributed by atoms with Crippen LogP contribution in [0.5, 0.6) is 0 Å². The lowest BCUT2D eigenvalue weighted by Crippen LogP contribution is -2.38. The summed E-state index contributed by atoms with van der Waals surface area (Å²) >= 11 is 7.20. The Morgan fingerprint density at radius 3 is 2.00 bits per heavy atom. The first-order valence-corrected chi connectivity index (χ1v) is 11.4. The van der Waals surface area contributed by atoms with Gasteiger partial charge in [-0.25, -0.2) is 0 Å². The molecule has 1 atom stereocenters. The highest BCUT2D eigenvalue weighted by molar-refractivity contribution is 14.1. The molecule has 2 nitrogen and oxygen atoms in total. The maximum atomic E-state index is 12.9. The summed E-state index contributed by atoms with van der Waals surface area (Å²) in [5, 5.41) is 0. The van der Waals surface area contributed by atoms with Crippen LogP contribution in [-0.4, -0.2) is 12.6 Å². The third-order valence-corrected chi connectivity index (χ3v) is 6.99. The zero-order valence-corrected chi connectivity index (χ0v) is 20.7. The number of benzene rings is 1. The molecule has 5 heteroatoms. The summed E-state index contributed by atoms with van der Waals surface area (Å²) in [4.78, 5) is 12.9. The SMILES string of the molecule is CCCC(c1c(I)cc(I)cc1I)C(CC)(CC)C(=O)OCC. The summed E-state index contributed by atoms with van der Waals surface area (Å²) in [6.07, 6.45) is 3.69. The number of esters is 1. The average molecular weight is 654 g/mol. The normalized spacial score (nSPS) is 13.0. The summed E-state index contributed by atoms with van der Waals surface area (Å²) in [7, 11) is 0. The molecule has 0 saturated carbocycles. The van der Waals surface area contributed by atoms with E-state index in [-0.39, 0.29) is 11.9 Å². The third-order valence-electron chi connectivity index (χ3n) is 4.58. The molecule has 0 saturated heterocycles. The van der Waals surface area contributed by atoms with Crippen molar-refractivity contribution in [3.63, 3.8) is 0 Å². The number of hydrogen-bond donors (Lipinski definition) is 0. The number of halogens is 3. The van der Waals surface area contributed by atoms with Crippen LogP contribution in [0.3, 0.4) is 0 Å². The van der Waals surface area contributed by atoms with E-state index in [9.17, 15) is 4.79 Å². The summed E-state index contributed by atoms with van der Waals surface area (Å²) in [5.41, 5.74) is 0.892. The summed E-state index contributed by atoms with van der Waals surface area (Å²) in [6, 6.07) is 4.42. The molecule has 1 rings (SSSR count). The molecule has 1 aromatic carbocycles. The molecule has 0 N–H and O–H groups in total. The molecule has 0 aliphatic rings. The van der Waals surface area contributed by atoms with E-state index >= 15 is 0 Å². The lowest BCUT2D eigenvalue weighted by atomic mass is 9.66. The van der Waals surface area contributed by atoms with Gasteiger partial charge in [-0.15, -0.1) is 0 Å². The molecule has 1 aromatic rings. The van der Waals surface area contributed by atoms with Gasteiger partial charge in [0.15, 0.2) is 0 Å². The molecule has 0 bridgehead atoms. The fourth-order valence-electron chi connectivity index (χ4n) is 3.32. The smallest absolute Gasteiger partial charge is 0.312 e. The van der Waals surface area contributed by atoms with Crippen LogP contribution in [0.1, 0.15) is 64.9 Å². The lowest BCUT2D eigenvalue weighted by Gasteiger charge is -2.38. The number of hydrogen-bond acceptors (Lipinski definition) is 2. The van der Waals surface area contributed by atoms with Crippen molar-refractivity contribution >= 4 is 73.7 Å². The fourth-order valence-corrected chi connectivity index (χ4v) is 7.65. The van der Waals surface area contributed by atoms with Gasteiger partial charge in [-0.3, -0.25) is 4.79 Å². The van der Waals surface area contributed by atoms with Crippen molar-refractivity contribution in [2.24, 2.45) is 5.41 Å². The largest absolute Gasteiger partial charge is 0.466 e. The first-order valence-electron chi connectivity index (χ1n) is 8.19. The highest BCUT2D eigenvalue weighted by atomic mass is 127. The summed E-state index contributed by atoms with van der Waals surface area (Å²) in [5.74, 6) is 0.172. The number of rotatable bonds is 8. The van der Waals surface area contributed by atoms with Crippen molar-refractivity contribution in [3.8, 4) is 0 Å². The van der Waals surface area contributed by atoms with Crippen LogP contribution in [0.15, 0.2) is 12.1 Å². The average Bonchev–Trinajstić information content (AvgIpc) is 2.48. The lowest BCUT2D eigenvalue weighted by molar-refractivity contribution is -0.158. The van der Waals surface area contributed by atoms with Crippen LogP contribution in [-0.2, 0) is 9.53 Å². The molecule has 1 unspecified atom stereocenters. The highest BCUT2D eigenvalue weighted by Gasteiger charge is 2.45. The monoisotopic (exact) mass is 654 g/mol. The minimum Gasteiger partial charge on any atom is -0.466 e. The fraction of sp³-hybridized carbons (Fsp3) is 0.611. The molecule has 0 aliphatic heterocycles. The third kappa shape index (κ3) is 4.95. The number of carbonyl (C=O) groups is 1. The van der Waals surface area contributed by atoms with Crippen LogP contribution >= 0.6 is 67.8 Å². The Bertz CT molecular complexity index is 516. The summed E-state index contributed by atoms with van der Waals surface area (Å²) < 4.78 is 9.25. The van der Waals surface area contributed by atoms with E-state index in [1.54, 1.807) is 0 Å². The van der Waals surface area contributed by atoms with Crippen LogP contribution < -0.4 is 0 Å². The number of carbonyl (C=O) groups excluding carboxylic acids is 1. The van der Waals surface area contributed by atoms with E-state index < -0.39 is 5.41 Å². The van der Waals surface area contributed by atoms with Crippen molar-refractivity contribution in [2.75, 3.05) is 6.61 Å². The van der Waals surface area contributed by atoms with Crippen molar-refractivity contribution in [2.45, 2.75) is 59.3 Å². The van der Waals surface area contributed by atoms with Gasteiger partial charge in [-0.1, -0.05) is 27.2 Å². The second kappa shape index (κ2) is 10.1. The van der Waals surface area contributed by atoms with Gasteiger partial charge in [0.2, 0.25) is 0 Å². The molecule has 0 heterocycles. The van der Waals surface area contributed by atoms with E-state index in [4.69, 9.17) is 4.74 Å². The zero-order valence-electron chi connectivity index (χ0n) is 14.2. The molecule has 0 amide bonds. The first-order chi connectivity index (χ1) is 10.9. The van der Waals surface area contributed by atoms with Crippen LogP contribution in [0.2, 0.25) is 0 Å². The molecular formula is C18H25I3O2. The maximum Gasteiger partial charge on any atom is 0.312 e. The second-order valence-electron chi connectivity index (χ2n) is 5.71. The van der Waals surface area contributed by atoms with Gasteiger partial charge >= 0.3 is 5.97 Å². The highest BCUT2D eigenvalue weighted by Crippen LogP contribution is 2.48. The Balaban J connectivity index is 3.51. The Hall–Kier alpha value is 0.880. The van der Waals surface area contributed by atoms with E-state index in [1.165, 1.54) is 16.3 Å².